The van der Waals surface area contributed by atoms with E-state index in [1.54, 1.807) is 6.92 Å². The Morgan fingerprint density at radius 3 is 3.00 bits per heavy atom. The molecule has 12 heavy (non-hydrogen) atoms. The van der Waals surface area contributed by atoms with Crippen LogP contribution in [0.2, 0.25) is 0 Å². The summed E-state index contributed by atoms with van der Waals surface area (Å²) >= 11 is 0. The number of rotatable bonds is 2. The van der Waals surface area contributed by atoms with Crippen LogP contribution in [0.1, 0.15) is 13.3 Å². The molecular weight excluding hydrogens is 152 g/mol. The second-order valence-corrected chi connectivity index (χ2v) is 2.79. The molecule has 1 atom stereocenters. The van der Waals surface area contributed by atoms with Crippen LogP contribution >= 0.6 is 0 Å². The summed E-state index contributed by atoms with van der Waals surface area (Å²) in [6.07, 6.45) is 10.4. The van der Waals surface area contributed by atoms with Crippen LogP contribution in [0.25, 0.3) is 0 Å². The standard InChI is InChI=1S/C10H12O2/c1-8(10(11)12)9-6-4-2-3-5-7-9/h2-4,6-8H,5H2,1H3,(H,11,12). The second kappa shape index (κ2) is 3.90. The average molecular weight is 164 g/mol. The lowest BCUT2D eigenvalue weighted by Crippen LogP contribution is -2.10. The Bertz CT molecular complexity index is 259. The minimum atomic E-state index is -0.771. The monoisotopic (exact) mass is 164 g/mol. The van der Waals surface area contributed by atoms with Gasteiger partial charge in [0.15, 0.2) is 0 Å². The summed E-state index contributed by atoms with van der Waals surface area (Å²) in [7, 11) is 0. The van der Waals surface area contributed by atoms with Crippen molar-refractivity contribution in [1.29, 1.82) is 0 Å². The van der Waals surface area contributed by atoms with Crippen LogP contribution in [-0.2, 0) is 4.79 Å². The maximum Gasteiger partial charge on any atom is 0.310 e. The van der Waals surface area contributed by atoms with E-state index in [9.17, 15) is 4.79 Å². The van der Waals surface area contributed by atoms with Crippen LogP contribution in [0.4, 0.5) is 0 Å². The normalized spacial score (nSPS) is 18.2. The minimum Gasteiger partial charge on any atom is -0.481 e. The van der Waals surface area contributed by atoms with E-state index in [-0.39, 0.29) is 0 Å². The molecule has 0 amide bonds. The summed E-state index contributed by atoms with van der Waals surface area (Å²) in [5, 5.41) is 8.73. The fourth-order valence-corrected chi connectivity index (χ4v) is 1.06. The van der Waals surface area contributed by atoms with Gasteiger partial charge in [-0.25, -0.2) is 0 Å². The fraction of sp³-hybridized carbons (Fsp3) is 0.300. The molecule has 0 heterocycles. The van der Waals surface area contributed by atoms with E-state index in [4.69, 9.17) is 5.11 Å². The van der Waals surface area contributed by atoms with Gasteiger partial charge in [-0.1, -0.05) is 30.4 Å². The van der Waals surface area contributed by atoms with Crippen molar-refractivity contribution < 1.29 is 9.90 Å². The Kier molecular flexibility index (Phi) is 2.86. The molecule has 64 valence electrons. The number of carboxylic acids is 1. The Hall–Kier alpha value is -1.31. The molecule has 1 N–H and O–H groups in total. The van der Waals surface area contributed by atoms with Crippen molar-refractivity contribution >= 4 is 5.97 Å². The lowest BCUT2D eigenvalue weighted by Gasteiger charge is -2.05. The average Bonchev–Trinajstić information content (AvgIpc) is 2.30. The Labute approximate surface area is 71.9 Å². The summed E-state index contributed by atoms with van der Waals surface area (Å²) < 4.78 is 0. The quantitative estimate of drug-likeness (QED) is 0.679. The number of carboxylic acid groups (broad SMARTS) is 1. The van der Waals surface area contributed by atoms with E-state index in [0.717, 1.165) is 12.0 Å². The van der Waals surface area contributed by atoms with E-state index in [0.29, 0.717) is 0 Å². The molecule has 0 aliphatic heterocycles. The van der Waals surface area contributed by atoms with Gasteiger partial charge in [0, 0.05) is 0 Å². The molecule has 1 aliphatic carbocycles. The van der Waals surface area contributed by atoms with E-state index in [2.05, 4.69) is 0 Å². The molecule has 2 heteroatoms. The zero-order valence-corrected chi connectivity index (χ0v) is 7.03. The Morgan fingerprint density at radius 1 is 1.58 bits per heavy atom. The third-order valence-electron chi connectivity index (χ3n) is 1.90. The van der Waals surface area contributed by atoms with E-state index in [1.165, 1.54) is 0 Å². The molecule has 0 aromatic heterocycles. The summed E-state index contributed by atoms with van der Waals surface area (Å²) in [5.41, 5.74) is 0.882. The third kappa shape index (κ3) is 2.09. The number of carbonyl (C=O) groups is 1. The van der Waals surface area contributed by atoms with Crippen LogP contribution in [-0.4, -0.2) is 11.1 Å². The predicted octanol–water partition coefficient (Wildman–Crippen LogP) is 2.15. The highest BCUT2D eigenvalue weighted by atomic mass is 16.4. The van der Waals surface area contributed by atoms with Crippen molar-refractivity contribution in [3.8, 4) is 0 Å². The van der Waals surface area contributed by atoms with Gasteiger partial charge in [-0.2, -0.15) is 0 Å². The fourth-order valence-electron chi connectivity index (χ4n) is 1.06. The van der Waals surface area contributed by atoms with Crippen molar-refractivity contribution in [3.63, 3.8) is 0 Å². The maximum atomic E-state index is 10.6. The van der Waals surface area contributed by atoms with Gasteiger partial charge in [-0.05, 0) is 18.9 Å². The van der Waals surface area contributed by atoms with Crippen LogP contribution < -0.4 is 0 Å². The minimum absolute atomic E-state index is 0.402. The molecule has 0 saturated carbocycles. The molecular formula is C10H12O2. The molecule has 1 aliphatic rings. The first-order valence-electron chi connectivity index (χ1n) is 3.98. The molecule has 0 radical (unpaired) electrons. The summed E-state index contributed by atoms with van der Waals surface area (Å²) in [6, 6.07) is 0. The van der Waals surface area contributed by atoms with Crippen LogP contribution in [0.3, 0.4) is 0 Å². The van der Waals surface area contributed by atoms with Gasteiger partial charge in [0.1, 0.15) is 0 Å². The van der Waals surface area contributed by atoms with Gasteiger partial charge in [0.2, 0.25) is 0 Å². The van der Waals surface area contributed by atoms with Crippen molar-refractivity contribution in [2.24, 2.45) is 5.92 Å². The topological polar surface area (TPSA) is 37.3 Å². The number of hydrogen-bond donors (Lipinski definition) is 1. The highest BCUT2D eigenvalue weighted by molar-refractivity contribution is 5.74. The molecule has 0 fully saturated rings. The van der Waals surface area contributed by atoms with E-state index >= 15 is 0 Å². The molecule has 0 bridgehead atoms. The van der Waals surface area contributed by atoms with E-state index in [1.807, 2.05) is 30.4 Å². The zero-order valence-electron chi connectivity index (χ0n) is 7.03. The van der Waals surface area contributed by atoms with Crippen LogP contribution in [0.15, 0.2) is 36.0 Å². The molecule has 1 unspecified atom stereocenters. The van der Waals surface area contributed by atoms with Crippen molar-refractivity contribution in [3.05, 3.63) is 36.0 Å². The van der Waals surface area contributed by atoms with Gasteiger partial charge in [0.05, 0.1) is 5.92 Å². The number of aliphatic carboxylic acids is 1. The molecule has 1 rings (SSSR count). The first-order chi connectivity index (χ1) is 5.72. The highest BCUT2D eigenvalue weighted by Gasteiger charge is 2.13. The van der Waals surface area contributed by atoms with E-state index < -0.39 is 11.9 Å². The molecule has 0 aromatic carbocycles. The summed E-state index contributed by atoms with van der Waals surface area (Å²) in [4.78, 5) is 10.6. The second-order valence-electron chi connectivity index (χ2n) is 2.79. The predicted molar refractivity (Wildman–Crippen MR) is 47.8 cm³/mol. The van der Waals surface area contributed by atoms with Crippen molar-refractivity contribution in [2.75, 3.05) is 0 Å². The first-order valence-corrected chi connectivity index (χ1v) is 3.98. The van der Waals surface area contributed by atoms with Crippen molar-refractivity contribution in [1.82, 2.24) is 0 Å². The number of allylic oxidation sites excluding steroid dienone is 5. The largest absolute Gasteiger partial charge is 0.481 e. The Morgan fingerprint density at radius 2 is 2.33 bits per heavy atom. The SMILES string of the molecule is CC(C(=O)O)C1=CCC=CC=C1. The van der Waals surface area contributed by atoms with Crippen LogP contribution in [0, 0.1) is 5.92 Å². The summed E-state index contributed by atoms with van der Waals surface area (Å²) in [5.74, 6) is -1.17. The van der Waals surface area contributed by atoms with Crippen LogP contribution in [0.5, 0.6) is 0 Å². The first kappa shape index (κ1) is 8.78. The third-order valence-corrected chi connectivity index (χ3v) is 1.90. The van der Waals surface area contributed by atoms with Gasteiger partial charge < -0.3 is 5.11 Å². The smallest absolute Gasteiger partial charge is 0.310 e. The number of hydrogen-bond acceptors (Lipinski definition) is 1. The molecule has 0 spiro atoms. The molecule has 0 saturated heterocycles. The zero-order chi connectivity index (χ0) is 8.97. The highest BCUT2D eigenvalue weighted by Crippen LogP contribution is 2.15. The molecule has 0 aromatic rings. The van der Waals surface area contributed by atoms with Gasteiger partial charge >= 0.3 is 5.97 Å². The van der Waals surface area contributed by atoms with Gasteiger partial charge in [-0.15, -0.1) is 0 Å². The maximum absolute atomic E-state index is 10.6. The lowest BCUT2D eigenvalue weighted by molar-refractivity contribution is -0.139. The van der Waals surface area contributed by atoms with Gasteiger partial charge in [0.25, 0.3) is 0 Å². The van der Waals surface area contributed by atoms with Crippen molar-refractivity contribution in [2.45, 2.75) is 13.3 Å². The Balaban J connectivity index is 2.75. The summed E-state index contributed by atoms with van der Waals surface area (Å²) in [6.45, 7) is 1.70. The van der Waals surface area contributed by atoms with Gasteiger partial charge in [-0.3, -0.25) is 4.79 Å². The lowest BCUT2D eigenvalue weighted by atomic mass is 10.0. The molecule has 2 nitrogen and oxygen atoms in total.